The van der Waals surface area contributed by atoms with E-state index in [2.05, 4.69) is 5.32 Å². The molecule has 2 rings (SSSR count). The number of carbonyl (C=O) groups excluding carboxylic acids is 3. The molecule has 2 aromatic carbocycles. The first-order valence-electron chi connectivity index (χ1n) is 13.0. The molecule has 0 saturated heterocycles. The second kappa shape index (κ2) is 18.7. The molecule has 0 radical (unpaired) electrons. The van der Waals surface area contributed by atoms with Gasteiger partial charge in [-0.3, -0.25) is 9.59 Å². The average molecular weight is 619 g/mol. The molecule has 0 aromatic heterocycles. The second-order valence-corrected chi connectivity index (χ2v) is 9.61. The largest absolute Gasteiger partial charge is 0.494 e. The van der Waals surface area contributed by atoms with Crippen molar-refractivity contribution in [2.24, 2.45) is 5.73 Å². The van der Waals surface area contributed by atoms with E-state index in [1.165, 1.54) is 38.5 Å². The number of amides is 1. The summed E-state index contributed by atoms with van der Waals surface area (Å²) < 4.78 is 51.8. The average Bonchev–Trinajstić information content (AvgIpc) is 2.87. The third kappa shape index (κ3) is 13.8. The minimum Gasteiger partial charge on any atom is -0.494 e. The van der Waals surface area contributed by atoms with Crippen LogP contribution in [0.5, 0.6) is 11.5 Å². The van der Waals surface area contributed by atoms with Gasteiger partial charge in [-0.15, -0.1) is 12.4 Å². The van der Waals surface area contributed by atoms with Gasteiger partial charge in [0.25, 0.3) is 0 Å². The highest BCUT2D eigenvalue weighted by molar-refractivity contribution is 5.85. The number of nitrogens with one attached hydrogen (secondary N) is 1. The predicted molar refractivity (Wildman–Crippen MR) is 155 cm³/mol. The van der Waals surface area contributed by atoms with Gasteiger partial charge in [0.1, 0.15) is 5.60 Å². The van der Waals surface area contributed by atoms with E-state index in [4.69, 9.17) is 29.4 Å². The van der Waals surface area contributed by atoms with Crippen LogP contribution in [-0.2, 0) is 23.8 Å². The predicted octanol–water partition coefficient (Wildman–Crippen LogP) is 5.56. The van der Waals surface area contributed by atoms with E-state index in [9.17, 15) is 23.2 Å². The third-order valence-electron chi connectivity index (χ3n) is 5.24. The Morgan fingerprint density at radius 1 is 0.833 bits per heavy atom. The van der Waals surface area contributed by atoms with Gasteiger partial charge in [0.2, 0.25) is 0 Å². The summed E-state index contributed by atoms with van der Waals surface area (Å²) in [6, 6.07) is 7.24. The lowest BCUT2D eigenvalue weighted by molar-refractivity contribution is -0.144. The van der Waals surface area contributed by atoms with Crippen LogP contribution in [0.15, 0.2) is 36.4 Å². The number of ether oxygens (including phenoxy) is 5. The molecule has 0 heterocycles. The van der Waals surface area contributed by atoms with Crippen LogP contribution >= 0.6 is 12.4 Å². The molecule has 2 aromatic rings. The first kappa shape index (κ1) is 38.4. The lowest BCUT2D eigenvalue weighted by Gasteiger charge is -2.23. The van der Waals surface area contributed by atoms with Gasteiger partial charge in [0, 0.05) is 6.04 Å². The molecular formula is C29H41ClF2N2O8. The number of benzene rings is 2. The van der Waals surface area contributed by atoms with Crippen LogP contribution < -0.4 is 20.5 Å². The number of hydrogen-bond donors (Lipinski definition) is 2. The summed E-state index contributed by atoms with van der Waals surface area (Å²) in [4.78, 5) is 35.0. The molecule has 236 valence electrons. The first-order valence-corrected chi connectivity index (χ1v) is 13.0. The van der Waals surface area contributed by atoms with Crippen molar-refractivity contribution in [3.05, 3.63) is 59.2 Å². The molecule has 42 heavy (non-hydrogen) atoms. The van der Waals surface area contributed by atoms with Crippen molar-refractivity contribution in [1.82, 2.24) is 5.32 Å². The quantitative estimate of drug-likeness (QED) is 0.245. The number of hydrogen-bond acceptors (Lipinski definition) is 9. The Morgan fingerprint density at radius 3 is 1.71 bits per heavy atom. The van der Waals surface area contributed by atoms with E-state index in [0.717, 1.165) is 0 Å². The zero-order valence-electron chi connectivity index (χ0n) is 25.0. The molecule has 10 nitrogen and oxygen atoms in total. The number of carbonyl (C=O) groups is 3. The Kier molecular flexibility index (Phi) is 17.1. The number of nitrogens with two attached hydrogens (primary N) is 1. The van der Waals surface area contributed by atoms with Gasteiger partial charge in [-0.25, -0.2) is 13.6 Å². The number of halogens is 3. The SMILES string of the molecule is CCOC(=O)C[C@@H](N)c1ccc(OC)c(F)c1.CCOC(=O)C[C@@H](NC(=O)OC(C)(C)C)c1ccc(OC)c(F)c1.Cl. The Hall–Kier alpha value is -3.64. The van der Waals surface area contributed by atoms with Crippen LogP contribution in [0, 0.1) is 11.6 Å². The summed E-state index contributed by atoms with van der Waals surface area (Å²) in [5.41, 5.74) is 6.04. The van der Waals surface area contributed by atoms with E-state index in [0.29, 0.717) is 17.7 Å². The molecule has 0 aliphatic rings. The topological polar surface area (TPSA) is 135 Å². The molecule has 3 N–H and O–H groups in total. The minimum absolute atomic E-state index is 0. The molecule has 0 spiro atoms. The monoisotopic (exact) mass is 618 g/mol. The highest BCUT2D eigenvalue weighted by Crippen LogP contribution is 2.25. The number of methoxy groups -OCH3 is 2. The third-order valence-corrected chi connectivity index (χ3v) is 5.24. The van der Waals surface area contributed by atoms with Gasteiger partial charge in [-0.1, -0.05) is 12.1 Å². The van der Waals surface area contributed by atoms with Crippen molar-refractivity contribution >= 4 is 30.4 Å². The van der Waals surface area contributed by atoms with Gasteiger partial charge in [-0.2, -0.15) is 0 Å². The smallest absolute Gasteiger partial charge is 0.408 e. The summed E-state index contributed by atoms with van der Waals surface area (Å²) >= 11 is 0. The molecule has 0 bridgehead atoms. The molecular weight excluding hydrogens is 578 g/mol. The van der Waals surface area contributed by atoms with E-state index in [-0.39, 0.29) is 43.4 Å². The first-order chi connectivity index (χ1) is 19.2. The fourth-order valence-corrected chi connectivity index (χ4v) is 3.42. The van der Waals surface area contributed by atoms with Crippen LogP contribution in [0.25, 0.3) is 0 Å². The molecule has 0 saturated carbocycles. The van der Waals surface area contributed by atoms with Crippen LogP contribution in [0.3, 0.4) is 0 Å². The fourth-order valence-electron chi connectivity index (χ4n) is 3.42. The Morgan fingerprint density at radius 2 is 1.29 bits per heavy atom. The lowest BCUT2D eigenvalue weighted by Crippen LogP contribution is -2.36. The van der Waals surface area contributed by atoms with Crippen LogP contribution in [0.2, 0.25) is 0 Å². The summed E-state index contributed by atoms with van der Waals surface area (Å²) in [6.45, 7) is 9.09. The summed E-state index contributed by atoms with van der Waals surface area (Å²) in [7, 11) is 2.74. The molecule has 0 fully saturated rings. The maximum absolute atomic E-state index is 13.9. The standard InChI is InChI=1S/C17H24FNO5.C12H16FNO3.ClH/c1-6-23-15(20)10-13(19-16(21)24-17(2,3)4)11-7-8-14(22-5)12(18)9-11;1-3-17-12(15)7-10(14)8-4-5-11(16-2)9(13)6-8;/h7-9,13H,6,10H2,1-5H3,(H,19,21);4-6,10H,3,7,14H2,1-2H3;1H/t13-;10-;/m11./s1. The maximum atomic E-state index is 13.9. The zero-order valence-corrected chi connectivity index (χ0v) is 25.8. The molecule has 1 amide bonds. The fraction of sp³-hybridized carbons (Fsp3) is 0.483. The van der Waals surface area contributed by atoms with Crippen molar-refractivity contribution in [3.8, 4) is 11.5 Å². The number of rotatable bonds is 11. The van der Waals surface area contributed by atoms with Gasteiger partial charge in [-0.05, 0) is 70.0 Å². The van der Waals surface area contributed by atoms with Crippen molar-refractivity contribution < 1.29 is 46.8 Å². The Balaban J connectivity index is 0.000000825. The zero-order chi connectivity index (χ0) is 31.2. The Labute approximate surface area is 251 Å². The van der Waals surface area contributed by atoms with Gasteiger partial charge < -0.3 is 34.7 Å². The van der Waals surface area contributed by atoms with Gasteiger partial charge >= 0.3 is 18.0 Å². The van der Waals surface area contributed by atoms with E-state index < -0.39 is 47.4 Å². The van der Waals surface area contributed by atoms with Gasteiger partial charge in [0.15, 0.2) is 23.1 Å². The molecule has 13 heteroatoms. The summed E-state index contributed by atoms with van der Waals surface area (Å²) in [6.07, 6.45) is -0.814. The Bertz CT molecular complexity index is 1160. The van der Waals surface area contributed by atoms with Crippen molar-refractivity contribution in [2.75, 3.05) is 27.4 Å². The summed E-state index contributed by atoms with van der Waals surface area (Å²) in [5.74, 6) is -1.76. The van der Waals surface area contributed by atoms with Crippen molar-refractivity contribution in [1.29, 1.82) is 0 Å². The number of esters is 2. The molecule has 0 aliphatic heterocycles. The van der Waals surface area contributed by atoms with Crippen LogP contribution in [-0.4, -0.2) is 51.1 Å². The molecule has 0 aliphatic carbocycles. The molecule has 0 unspecified atom stereocenters. The number of alkyl carbamates (subject to hydrolysis) is 1. The van der Waals surface area contributed by atoms with E-state index >= 15 is 0 Å². The second-order valence-electron chi connectivity index (χ2n) is 9.61. The van der Waals surface area contributed by atoms with E-state index in [1.807, 2.05) is 0 Å². The minimum atomic E-state index is -0.778. The molecule has 2 atom stereocenters. The summed E-state index contributed by atoms with van der Waals surface area (Å²) in [5, 5.41) is 2.57. The normalized spacial score (nSPS) is 11.9. The van der Waals surface area contributed by atoms with Crippen molar-refractivity contribution in [2.45, 2.75) is 65.1 Å². The maximum Gasteiger partial charge on any atom is 0.408 e. The van der Waals surface area contributed by atoms with Crippen LogP contribution in [0.4, 0.5) is 13.6 Å². The highest BCUT2D eigenvalue weighted by atomic mass is 35.5. The lowest BCUT2D eigenvalue weighted by atomic mass is 10.0. The van der Waals surface area contributed by atoms with E-state index in [1.54, 1.807) is 46.8 Å². The van der Waals surface area contributed by atoms with Crippen LogP contribution in [0.1, 0.15) is 70.7 Å². The van der Waals surface area contributed by atoms with Crippen molar-refractivity contribution in [3.63, 3.8) is 0 Å². The highest BCUT2D eigenvalue weighted by Gasteiger charge is 2.24. The van der Waals surface area contributed by atoms with Gasteiger partial charge in [0.05, 0.1) is 46.3 Å².